The van der Waals surface area contributed by atoms with Gasteiger partial charge in [-0.05, 0) is 147 Å². The van der Waals surface area contributed by atoms with Crippen LogP contribution in [0.4, 0.5) is 0 Å². The minimum atomic E-state index is -0.590. The third-order valence-electron chi connectivity index (χ3n) is 9.16. The van der Waals surface area contributed by atoms with E-state index in [-0.39, 0.29) is 31.2 Å². The number of aliphatic hydroxyl groups excluding tert-OH is 4. The van der Waals surface area contributed by atoms with E-state index in [0.29, 0.717) is 31.1 Å². The molecule has 2 fully saturated rings. The fraction of sp³-hybridized carbons (Fsp3) is 0.713. The number of benzene rings is 3. The Balaban J connectivity index is -0.0000000580. The van der Waals surface area contributed by atoms with Gasteiger partial charge in [-0.15, -0.1) is 0 Å². The van der Waals surface area contributed by atoms with Gasteiger partial charge in [0.1, 0.15) is 17.3 Å². The number of Topliss-reactive ketones (excluding diaryl/α,β-unsaturated/α-hetero) is 3. The van der Waals surface area contributed by atoms with Crippen molar-refractivity contribution in [1.29, 1.82) is 0 Å². The van der Waals surface area contributed by atoms with Crippen LogP contribution in [0.25, 0.3) is 0 Å². The molecule has 0 aromatic heterocycles. The Bertz CT molecular complexity index is 1570. The Kier molecular flexibility index (Phi) is 205. The first-order chi connectivity index (χ1) is 46.9. The zero-order chi connectivity index (χ0) is 79.4. The van der Waals surface area contributed by atoms with E-state index in [1.807, 2.05) is 122 Å². The van der Waals surface area contributed by atoms with Crippen molar-refractivity contribution < 1.29 is 44.4 Å². The molecule has 3 aromatic rings. The van der Waals surface area contributed by atoms with Gasteiger partial charge >= 0.3 is 0 Å². The van der Waals surface area contributed by atoms with Crippen molar-refractivity contribution >= 4 is 82.9 Å². The standard InChI is InChI=1S/C9H17BrO.C7H5ClO.C7H9N.C7H8O.C6H12.C5H11N.C4H5ClO2.C4H11N.C4H10O.C3H6O.C3H8O.3C3H8.C2H5Br.2C2H7N.C2H6O.2C2H6/c1-9(11)7-5-3-2-4-6-8-10;8-7(9)6-4-2-1-3-5-6;2*8-6-7-4-2-1-3-5-7;2*1-2-4-6-5-3-1;1-3(6)2-4(5)7;2*1-2-3-4-5;1-3(2)4;1-2-3-4;3*1-3-2;4*1-2-3;2*1-2/h2-8H2,1H3;1-5H;1-5H,6,8H2;1-5,8H,6H2;1-6H2;6H,1-5H2;2H2,1H3;2-5H2,1H3;5H,2-4H2,1H3;1-2H3;4H,2-3H2,1H3;3*3H2,1-2H3;2H2,1H3;2*2-3H2,1H3;3H,2H2,1H3;2*1-2H3. The van der Waals surface area contributed by atoms with Gasteiger partial charge < -0.3 is 58.3 Å². The van der Waals surface area contributed by atoms with E-state index in [0.717, 1.165) is 68.0 Å². The number of halogens is 4. The fourth-order valence-corrected chi connectivity index (χ4v) is 5.90. The highest BCUT2D eigenvalue weighted by molar-refractivity contribution is 9.09. The van der Waals surface area contributed by atoms with Crippen LogP contribution in [0.15, 0.2) is 91.0 Å². The lowest BCUT2D eigenvalue weighted by Crippen LogP contribution is -2.21. The third kappa shape index (κ3) is 234. The van der Waals surface area contributed by atoms with Gasteiger partial charge in [0.2, 0.25) is 5.24 Å². The number of rotatable bonds is 17. The number of piperidine rings is 1. The van der Waals surface area contributed by atoms with Crippen LogP contribution in [0.2, 0.25) is 0 Å². The molecule has 3 aromatic carbocycles. The Morgan fingerprint density at radius 3 is 0.888 bits per heavy atom. The quantitative estimate of drug-likeness (QED) is 0.0263. The molecule has 1 saturated heterocycles. The second-order valence-corrected chi connectivity index (χ2v) is 23.1. The predicted octanol–water partition coefficient (Wildman–Crippen LogP) is 21.7. The number of nitrogens with one attached hydrogen (secondary N) is 1. The van der Waals surface area contributed by atoms with Gasteiger partial charge in [0.05, 0.1) is 13.0 Å². The third-order valence-corrected chi connectivity index (χ3v) is 10.1. The average Bonchev–Trinajstić information content (AvgIpc) is 1.12. The second kappa shape index (κ2) is 153. The van der Waals surface area contributed by atoms with Crippen molar-refractivity contribution in [2.24, 2.45) is 22.9 Å². The van der Waals surface area contributed by atoms with Crippen LogP contribution in [0.1, 0.15) is 321 Å². The Labute approximate surface area is 635 Å². The summed E-state index contributed by atoms with van der Waals surface area (Å²) in [4.78, 5) is 50.1. The zero-order valence-electron chi connectivity index (χ0n) is 67.3. The second-order valence-electron chi connectivity index (χ2n) is 20.4. The van der Waals surface area contributed by atoms with E-state index in [4.69, 9.17) is 66.6 Å². The van der Waals surface area contributed by atoms with Crippen molar-refractivity contribution in [2.45, 2.75) is 313 Å². The Hall–Kier alpha value is -2.81. The largest absolute Gasteiger partial charge is 0.397 e. The van der Waals surface area contributed by atoms with Crippen molar-refractivity contribution in [3.05, 3.63) is 108 Å². The van der Waals surface area contributed by atoms with Gasteiger partial charge in [0.15, 0.2) is 0 Å². The molecule has 5 rings (SSSR count). The van der Waals surface area contributed by atoms with Gasteiger partial charge in [0.25, 0.3) is 5.24 Å². The minimum absolute atomic E-state index is 0.140. The molecule has 2 aliphatic rings. The van der Waals surface area contributed by atoms with E-state index in [9.17, 15) is 24.0 Å². The molecule has 0 bridgehead atoms. The molecule has 18 heteroatoms. The number of aliphatic hydroxyl groups is 4. The lowest BCUT2D eigenvalue weighted by atomic mass is 10.0. The number of nitrogens with two attached hydrogens (primary N) is 4. The van der Waals surface area contributed by atoms with E-state index in [1.165, 1.54) is 155 Å². The molecule has 0 radical (unpaired) electrons. The molecule has 1 aliphatic heterocycles. The summed E-state index contributed by atoms with van der Waals surface area (Å²) in [7, 11) is 0. The van der Waals surface area contributed by atoms with Crippen LogP contribution in [-0.2, 0) is 32.3 Å². The summed E-state index contributed by atoms with van der Waals surface area (Å²) in [6.07, 6.45) is 29.0. The maximum Gasteiger partial charge on any atom is 0.252 e. The summed E-state index contributed by atoms with van der Waals surface area (Å²) in [5, 5.41) is 36.5. The van der Waals surface area contributed by atoms with Crippen LogP contribution in [-0.4, -0.2) is 111 Å². The molecule has 0 unspecified atom stereocenters. The lowest BCUT2D eigenvalue weighted by Gasteiger charge is -2.08. The lowest BCUT2D eigenvalue weighted by molar-refractivity contribution is -0.122. The van der Waals surface area contributed by atoms with Crippen LogP contribution in [0, 0.1) is 0 Å². The van der Waals surface area contributed by atoms with E-state index in [1.54, 1.807) is 38.1 Å². The van der Waals surface area contributed by atoms with Crippen molar-refractivity contribution in [3.63, 3.8) is 0 Å². The van der Waals surface area contributed by atoms with Crippen molar-refractivity contribution in [1.82, 2.24) is 5.32 Å². The fourth-order valence-electron chi connectivity index (χ4n) is 5.19. The summed E-state index contributed by atoms with van der Waals surface area (Å²) in [6.45, 7) is 47.0. The molecular weight excluding hydrogens is 1410 g/mol. The smallest absolute Gasteiger partial charge is 0.252 e. The zero-order valence-corrected chi connectivity index (χ0v) is 72.0. The first kappa shape index (κ1) is 131. The number of hydrogen-bond acceptors (Lipinski definition) is 14. The molecule has 0 spiro atoms. The molecule has 0 atom stereocenters. The maximum atomic E-state index is 10.5. The highest BCUT2D eigenvalue weighted by Crippen LogP contribution is 2.15. The normalized spacial score (nSPS) is 9.81. The predicted molar refractivity (Wildman–Crippen MR) is 448 cm³/mol. The summed E-state index contributed by atoms with van der Waals surface area (Å²) < 4.78 is 0. The first-order valence-corrected chi connectivity index (χ1v) is 40.0. The summed E-state index contributed by atoms with van der Waals surface area (Å²) >= 11 is 16.5. The van der Waals surface area contributed by atoms with Crippen molar-refractivity contribution in [3.8, 4) is 0 Å². The van der Waals surface area contributed by atoms with Crippen molar-refractivity contribution in [2.75, 3.05) is 63.2 Å². The SMILES string of the molecule is C1CCCCC1.C1CCNCC1.CC.CC.CC(=O)CC(=O)Cl.CC(=O)CCCCCCCBr.CC(C)=O.CCBr.CCC.CCC.CCC.CCCCN.CCCCO.CCCO.CCN.CCN.CCO.NCc1ccccc1.O=C(Cl)c1ccccc1.OCc1ccccc1. The molecule has 1 heterocycles. The van der Waals surface area contributed by atoms with Crippen LogP contribution in [0.5, 0.6) is 0 Å². The molecule has 1 aliphatic carbocycles. The number of ketones is 3. The van der Waals surface area contributed by atoms with E-state index >= 15 is 0 Å². The Morgan fingerprint density at radius 2 is 0.745 bits per heavy atom. The molecule has 1 saturated carbocycles. The molecule has 590 valence electrons. The molecule has 13 N–H and O–H groups in total. The van der Waals surface area contributed by atoms with Gasteiger partial charge in [-0.25, -0.2) is 0 Å². The molecular formula is C80H163Br2Cl2N5O9. The highest BCUT2D eigenvalue weighted by Gasteiger charge is 1.99. The minimum Gasteiger partial charge on any atom is -0.397 e. The van der Waals surface area contributed by atoms with Gasteiger partial charge in [-0.3, -0.25) is 14.4 Å². The van der Waals surface area contributed by atoms with Gasteiger partial charge in [-0.2, -0.15) is 0 Å². The van der Waals surface area contributed by atoms with E-state index < -0.39 is 10.5 Å². The molecule has 14 nitrogen and oxygen atoms in total. The average molecular weight is 1570 g/mol. The summed E-state index contributed by atoms with van der Waals surface area (Å²) in [6, 6.07) is 28.2. The number of carbonyl (C=O) groups excluding carboxylic acids is 5. The summed E-state index contributed by atoms with van der Waals surface area (Å²) in [5.74, 6) is 0.297. The number of carbonyl (C=O) groups is 5. The monoisotopic (exact) mass is 1570 g/mol. The number of alkyl halides is 2. The van der Waals surface area contributed by atoms with Crippen LogP contribution >= 0.6 is 55.1 Å². The maximum absolute atomic E-state index is 10.5. The molecule has 98 heavy (non-hydrogen) atoms. The number of hydrogen-bond donors (Lipinski definition) is 9. The summed E-state index contributed by atoms with van der Waals surface area (Å²) in [5.41, 5.74) is 22.9. The highest BCUT2D eigenvalue weighted by atomic mass is 79.9. The first-order valence-electron chi connectivity index (χ1n) is 37.0. The van der Waals surface area contributed by atoms with Crippen LogP contribution in [0.3, 0.4) is 0 Å². The number of unbranched alkanes of at least 4 members (excludes halogenated alkanes) is 6. The van der Waals surface area contributed by atoms with Gasteiger partial charge in [-0.1, -0.05) is 330 Å². The topological polar surface area (TPSA) is 282 Å². The Morgan fingerprint density at radius 1 is 0.449 bits per heavy atom. The van der Waals surface area contributed by atoms with E-state index in [2.05, 4.69) is 92.6 Å². The molecule has 0 amide bonds. The van der Waals surface area contributed by atoms with Gasteiger partial charge in [0, 0.05) is 49.0 Å². The van der Waals surface area contributed by atoms with Crippen LogP contribution < -0.4 is 28.3 Å².